The molecule has 0 bridgehead atoms. The van der Waals surface area contributed by atoms with Gasteiger partial charge in [-0.15, -0.1) is 0 Å². The van der Waals surface area contributed by atoms with Gasteiger partial charge in [-0.25, -0.2) is 0 Å². The molecule has 0 atom stereocenters. The van der Waals surface area contributed by atoms with Gasteiger partial charge in [0, 0.05) is 44.5 Å². The van der Waals surface area contributed by atoms with E-state index in [4.69, 9.17) is 4.74 Å². The molecule has 13 rings (SSSR count). The van der Waals surface area contributed by atoms with Crippen molar-refractivity contribution in [2.24, 2.45) is 0 Å². The highest BCUT2D eigenvalue weighted by Crippen LogP contribution is 2.43. The Morgan fingerprint density at radius 2 is 1.01 bits per heavy atom. The molecule has 0 fully saturated rings. The number of fused-ring (bicyclic) bond motifs is 14. The largest absolute Gasteiger partial charge is 0.458 e. The molecule has 2 aliphatic rings. The summed E-state index contributed by atoms with van der Waals surface area (Å²) in [4.78, 5) is 0. The second-order valence-electron chi connectivity index (χ2n) is 23.3. The van der Waals surface area contributed by atoms with Crippen LogP contribution in [0.4, 0.5) is 0 Å². The van der Waals surface area contributed by atoms with Gasteiger partial charge in [0.25, 0.3) is 6.71 Å². The second-order valence-corrected chi connectivity index (χ2v) is 23.3. The molecule has 0 saturated carbocycles. The van der Waals surface area contributed by atoms with Crippen LogP contribution in [0, 0.1) is 11.3 Å². The predicted octanol–water partition coefficient (Wildman–Crippen LogP) is 15.7. The fraction of sp³-hybridized carbons (Fsp3) is 0.179. The van der Waals surface area contributed by atoms with Gasteiger partial charge >= 0.3 is 0 Å². The minimum absolute atomic E-state index is 0.0260. The summed E-state index contributed by atoms with van der Waals surface area (Å²) < 4.78 is 12.4. The molecule has 0 radical (unpaired) electrons. The lowest BCUT2D eigenvalue weighted by molar-refractivity contribution is 0.482. The first-order valence-electron chi connectivity index (χ1n) is 25.4. The van der Waals surface area contributed by atoms with Crippen molar-refractivity contribution in [1.82, 2.24) is 9.13 Å². The monoisotopic (exact) mass is 929 g/mol. The summed E-state index contributed by atoms with van der Waals surface area (Å²) in [6, 6.07) is 68.0. The third-order valence-electron chi connectivity index (χ3n) is 15.7. The Hall–Kier alpha value is -8.07. The summed E-state index contributed by atoms with van der Waals surface area (Å²) in [5.74, 6) is 1.73. The molecule has 11 aromatic rings. The molecule has 72 heavy (non-hydrogen) atoms. The highest BCUT2D eigenvalue weighted by Gasteiger charge is 2.41. The number of nitrogens with zero attached hydrogens (tertiary/aromatic N) is 3. The molecule has 4 heterocycles. The average Bonchev–Trinajstić information content (AvgIpc) is 3.71. The summed E-state index contributed by atoms with van der Waals surface area (Å²) in [7, 11) is 0. The third kappa shape index (κ3) is 6.65. The van der Waals surface area contributed by atoms with Gasteiger partial charge in [0.1, 0.15) is 11.5 Å². The van der Waals surface area contributed by atoms with Crippen LogP contribution in [0.1, 0.15) is 84.6 Å². The zero-order valence-corrected chi connectivity index (χ0v) is 42.6. The van der Waals surface area contributed by atoms with Crippen molar-refractivity contribution in [2.45, 2.75) is 78.6 Å². The van der Waals surface area contributed by atoms with Crippen LogP contribution in [0.3, 0.4) is 0 Å². The maximum Gasteiger partial charge on any atom is 0.256 e. The van der Waals surface area contributed by atoms with Gasteiger partial charge < -0.3 is 13.9 Å². The van der Waals surface area contributed by atoms with Crippen LogP contribution in [-0.4, -0.2) is 15.8 Å². The smallest absolute Gasteiger partial charge is 0.256 e. The standard InChI is InChI=1S/C67H56BN3O/c1-65(2,3)43-18-16-17-41(32-43)42-33-54-50-22-13-11-20-48(50)47-19-10-12-21-49(47)51-23-14-15-24-57(51)71-60-36-45(67(7,8)9)37-62-63(60)68(56(34-42)64(54)71)55-28-27-46(38-61(55)72-62)70-58-29-25-40(39-69)31-52(58)53-35-44(66(4,5)6)26-30-59(53)70/h10-38H,1-9H3. The Kier molecular flexibility index (Phi) is 9.43. The molecule has 4 nitrogen and oxygen atoms in total. The SMILES string of the molecule is CC(C)(C)c1cccc(-c2cc3c4c(c2)c2ccccc2c2ccccc2c2ccccc2n4-c2cc(C(C)(C)C)cc4c2B3c2ccc(-n3c5ccc(C#N)cc5c5cc(C(C)(C)C)ccc53)cc2O4)c1. The molecule has 2 aromatic heterocycles. The number of hydrogen-bond acceptors (Lipinski definition) is 2. The molecular formula is C67H56BN3O. The van der Waals surface area contributed by atoms with E-state index in [1.807, 2.05) is 12.1 Å². The number of para-hydroxylation sites is 1. The molecule has 0 unspecified atom stereocenters. The molecule has 0 amide bonds. The number of nitriles is 1. The first-order valence-corrected chi connectivity index (χ1v) is 25.4. The van der Waals surface area contributed by atoms with Crippen molar-refractivity contribution >= 4 is 88.3 Å². The van der Waals surface area contributed by atoms with Crippen LogP contribution >= 0.6 is 0 Å². The minimum Gasteiger partial charge on any atom is -0.458 e. The molecule has 0 aliphatic carbocycles. The third-order valence-corrected chi connectivity index (χ3v) is 15.7. The fourth-order valence-corrected chi connectivity index (χ4v) is 11.9. The predicted molar refractivity (Wildman–Crippen MR) is 305 cm³/mol. The summed E-state index contributed by atoms with van der Waals surface area (Å²) in [6.07, 6.45) is 0. The lowest BCUT2D eigenvalue weighted by atomic mass is 9.34. The van der Waals surface area contributed by atoms with Crippen LogP contribution in [0.2, 0.25) is 0 Å². The van der Waals surface area contributed by atoms with E-state index in [1.54, 1.807) is 0 Å². The number of benzene rings is 9. The van der Waals surface area contributed by atoms with E-state index in [1.165, 1.54) is 76.6 Å². The zero-order valence-electron chi connectivity index (χ0n) is 42.6. The number of hydrogen-bond donors (Lipinski definition) is 0. The van der Waals surface area contributed by atoms with E-state index in [-0.39, 0.29) is 23.0 Å². The van der Waals surface area contributed by atoms with Crippen LogP contribution in [0.5, 0.6) is 11.5 Å². The number of rotatable bonds is 2. The summed E-state index contributed by atoms with van der Waals surface area (Å²) in [5, 5.41) is 19.5. The Balaban J connectivity index is 1.19. The first-order chi connectivity index (χ1) is 34.5. The fourth-order valence-electron chi connectivity index (χ4n) is 11.9. The summed E-state index contributed by atoms with van der Waals surface area (Å²) in [5.41, 5.74) is 16.7. The lowest BCUT2D eigenvalue weighted by Crippen LogP contribution is -2.58. The Labute approximate surface area is 422 Å². The highest BCUT2D eigenvalue weighted by atomic mass is 16.5. The van der Waals surface area contributed by atoms with Crippen molar-refractivity contribution < 1.29 is 4.74 Å². The molecule has 2 aliphatic heterocycles. The maximum atomic E-state index is 10.1. The van der Waals surface area contributed by atoms with E-state index in [9.17, 15) is 5.26 Å². The topological polar surface area (TPSA) is 42.9 Å². The summed E-state index contributed by atoms with van der Waals surface area (Å²) in [6.45, 7) is 20.4. The quantitative estimate of drug-likeness (QED) is 0.162. The zero-order chi connectivity index (χ0) is 49.6. The van der Waals surface area contributed by atoms with Gasteiger partial charge in [0.05, 0.1) is 28.2 Å². The van der Waals surface area contributed by atoms with Gasteiger partial charge in [-0.3, -0.25) is 0 Å². The molecular weight excluding hydrogens is 874 g/mol. The first kappa shape index (κ1) is 43.9. The van der Waals surface area contributed by atoms with Crippen molar-refractivity contribution in [2.75, 3.05) is 0 Å². The lowest BCUT2D eigenvalue weighted by Gasteiger charge is -2.36. The molecule has 0 saturated heterocycles. The van der Waals surface area contributed by atoms with Crippen molar-refractivity contribution in [3.05, 3.63) is 198 Å². The maximum absolute atomic E-state index is 10.1. The number of ether oxygens (including phenoxy) is 1. The van der Waals surface area contributed by atoms with Gasteiger partial charge in [0.2, 0.25) is 0 Å². The Morgan fingerprint density at radius 3 is 1.69 bits per heavy atom. The average molecular weight is 930 g/mol. The number of aromatic nitrogens is 2. The Morgan fingerprint density at radius 1 is 0.417 bits per heavy atom. The highest BCUT2D eigenvalue weighted by molar-refractivity contribution is 6.99. The van der Waals surface area contributed by atoms with Gasteiger partial charge in [0.15, 0.2) is 0 Å². The summed E-state index contributed by atoms with van der Waals surface area (Å²) >= 11 is 0. The van der Waals surface area contributed by atoms with Gasteiger partial charge in [-0.1, -0.05) is 172 Å². The molecule has 0 spiro atoms. The van der Waals surface area contributed by atoms with Crippen LogP contribution in [0.25, 0.3) is 87.7 Å². The van der Waals surface area contributed by atoms with E-state index in [0.717, 1.165) is 55.7 Å². The van der Waals surface area contributed by atoms with Crippen molar-refractivity contribution in [1.29, 1.82) is 5.26 Å². The van der Waals surface area contributed by atoms with Crippen molar-refractivity contribution in [3.8, 4) is 40.1 Å². The van der Waals surface area contributed by atoms with Crippen LogP contribution < -0.4 is 21.1 Å². The van der Waals surface area contributed by atoms with Crippen LogP contribution in [0.15, 0.2) is 176 Å². The molecule has 0 N–H and O–H groups in total. The molecule has 9 aromatic carbocycles. The Bertz CT molecular complexity index is 4270. The van der Waals surface area contributed by atoms with Gasteiger partial charge in [-0.2, -0.15) is 5.26 Å². The van der Waals surface area contributed by atoms with Crippen LogP contribution in [-0.2, 0) is 16.2 Å². The van der Waals surface area contributed by atoms with E-state index in [0.29, 0.717) is 5.56 Å². The normalized spacial score (nSPS) is 13.1. The molecule has 348 valence electrons. The second kappa shape index (κ2) is 15.5. The van der Waals surface area contributed by atoms with E-state index >= 15 is 0 Å². The van der Waals surface area contributed by atoms with E-state index in [2.05, 4.69) is 241 Å². The molecule has 5 heteroatoms. The van der Waals surface area contributed by atoms with E-state index < -0.39 is 0 Å². The van der Waals surface area contributed by atoms with Crippen molar-refractivity contribution in [3.63, 3.8) is 0 Å². The van der Waals surface area contributed by atoms with Gasteiger partial charge in [-0.05, 0) is 143 Å². The minimum atomic E-state index is -0.187.